The van der Waals surface area contributed by atoms with E-state index in [4.69, 9.17) is 4.74 Å². The van der Waals surface area contributed by atoms with Crippen molar-refractivity contribution in [3.63, 3.8) is 0 Å². The Morgan fingerprint density at radius 1 is 0.327 bits per heavy atom. The third-order valence-electron chi connectivity index (χ3n) is 11.9. The highest BCUT2D eigenvalue weighted by atomic mass is 16.5. The lowest BCUT2D eigenvalue weighted by molar-refractivity contribution is 0.487. The van der Waals surface area contributed by atoms with Gasteiger partial charge in [-0.15, -0.1) is 0 Å². The van der Waals surface area contributed by atoms with Crippen LogP contribution in [0.5, 0.6) is 11.5 Å². The van der Waals surface area contributed by atoms with Crippen molar-refractivity contribution >= 4 is 21.5 Å². The van der Waals surface area contributed by atoms with Gasteiger partial charge in [0.15, 0.2) is 0 Å². The fourth-order valence-electron chi connectivity index (χ4n) is 9.87. The highest BCUT2D eigenvalue weighted by Crippen LogP contribution is 2.65. The smallest absolute Gasteiger partial charge is 0.135 e. The molecule has 0 bridgehead atoms. The molecule has 3 aliphatic rings. The summed E-state index contributed by atoms with van der Waals surface area (Å²) in [7, 11) is 0. The van der Waals surface area contributed by atoms with E-state index in [9.17, 15) is 0 Å². The molecule has 240 valence electrons. The molecule has 1 spiro atoms. The Labute approximate surface area is 302 Å². The first-order valence-corrected chi connectivity index (χ1v) is 18.1. The van der Waals surface area contributed by atoms with Crippen molar-refractivity contribution in [2.45, 2.75) is 5.41 Å². The molecule has 2 aliphatic carbocycles. The summed E-state index contributed by atoms with van der Waals surface area (Å²) in [6, 6.07) is 67.2. The molecule has 52 heavy (non-hydrogen) atoms. The second-order valence-corrected chi connectivity index (χ2v) is 14.3. The lowest BCUT2D eigenvalue weighted by Crippen LogP contribution is -2.26. The maximum atomic E-state index is 6.40. The van der Waals surface area contributed by atoms with Gasteiger partial charge in [-0.1, -0.05) is 170 Å². The Morgan fingerprint density at radius 2 is 0.923 bits per heavy atom. The summed E-state index contributed by atoms with van der Waals surface area (Å²) in [6.07, 6.45) is 0. The predicted octanol–water partition coefficient (Wildman–Crippen LogP) is 13.4. The molecule has 9 aromatic rings. The Hall–Kier alpha value is -6.70. The molecule has 1 heteroatoms. The van der Waals surface area contributed by atoms with E-state index in [-0.39, 0.29) is 0 Å². The number of fused-ring (bicyclic) bond motifs is 14. The molecule has 0 saturated carbocycles. The second-order valence-electron chi connectivity index (χ2n) is 14.3. The van der Waals surface area contributed by atoms with Crippen molar-refractivity contribution in [1.82, 2.24) is 0 Å². The van der Waals surface area contributed by atoms with Gasteiger partial charge < -0.3 is 4.74 Å². The Morgan fingerprint density at radius 3 is 1.79 bits per heavy atom. The van der Waals surface area contributed by atoms with Crippen molar-refractivity contribution in [3.8, 4) is 67.1 Å². The van der Waals surface area contributed by atoms with Gasteiger partial charge in [0.1, 0.15) is 11.5 Å². The van der Waals surface area contributed by atoms with Crippen LogP contribution in [0.15, 0.2) is 182 Å². The number of para-hydroxylation sites is 1. The maximum absolute atomic E-state index is 6.40. The Balaban J connectivity index is 1.06. The SMILES string of the molecule is c1ccc2c(c1)Oc1ccc(-c3ccc(-c4cccc5c4-c4ccccc4C54c5ccccc5-c5ccc6ccccc6c54)cc3)c3cccc-2c13. The van der Waals surface area contributed by atoms with Crippen LogP contribution in [0.3, 0.4) is 0 Å². The molecule has 0 fully saturated rings. The quantitative estimate of drug-likeness (QED) is 0.180. The first kappa shape index (κ1) is 28.0. The molecule has 1 aliphatic heterocycles. The fraction of sp³-hybridized carbons (Fsp3) is 0.0196. The molecular formula is C51H30O. The van der Waals surface area contributed by atoms with Crippen molar-refractivity contribution in [2.75, 3.05) is 0 Å². The minimum Gasteiger partial charge on any atom is -0.456 e. The van der Waals surface area contributed by atoms with Crippen LogP contribution >= 0.6 is 0 Å². The zero-order chi connectivity index (χ0) is 34.0. The molecular weight excluding hydrogens is 629 g/mol. The molecule has 12 rings (SSSR count). The molecule has 1 nitrogen and oxygen atoms in total. The van der Waals surface area contributed by atoms with Crippen LogP contribution in [0, 0.1) is 0 Å². The maximum Gasteiger partial charge on any atom is 0.135 e. The van der Waals surface area contributed by atoms with Crippen LogP contribution in [0.2, 0.25) is 0 Å². The number of hydrogen-bond acceptors (Lipinski definition) is 1. The standard InChI is InChI=1S/C51H30O/c1-2-12-36-31(11-1)27-28-41-37-13-3-6-19-43(37)51(50(36)41)44-20-7-4-15-42(44)48-35(16-10-21-45(48)51)33-25-23-32(24-26-33)34-29-30-47-49-39(34)17-9-18-40(49)38-14-5-8-22-46(38)52-47/h1-30H. The van der Waals surface area contributed by atoms with Gasteiger partial charge in [-0.05, 0) is 101 Å². The molecule has 0 radical (unpaired) electrons. The first-order valence-electron chi connectivity index (χ1n) is 18.1. The normalized spacial score (nSPS) is 15.5. The highest BCUT2D eigenvalue weighted by molar-refractivity contribution is 6.10. The van der Waals surface area contributed by atoms with E-state index < -0.39 is 5.41 Å². The van der Waals surface area contributed by atoms with Gasteiger partial charge in [-0.25, -0.2) is 0 Å². The van der Waals surface area contributed by atoms with Gasteiger partial charge in [0.05, 0.1) is 5.41 Å². The van der Waals surface area contributed by atoms with E-state index in [1.165, 1.54) is 93.9 Å². The lowest BCUT2D eigenvalue weighted by Gasteiger charge is -2.31. The first-order chi connectivity index (χ1) is 25.8. The average molecular weight is 659 g/mol. The van der Waals surface area contributed by atoms with E-state index in [0.29, 0.717) is 0 Å². The van der Waals surface area contributed by atoms with Gasteiger partial charge in [0.25, 0.3) is 0 Å². The monoisotopic (exact) mass is 658 g/mol. The van der Waals surface area contributed by atoms with Gasteiger partial charge in [0, 0.05) is 10.9 Å². The fourth-order valence-corrected chi connectivity index (χ4v) is 9.87. The highest BCUT2D eigenvalue weighted by Gasteiger charge is 2.52. The topological polar surface area (TPSA) is 9.23 Å². The summed E-state index contributed by atoms with van der Waals surface area (Å²) in [6.45, 7) is 0. The van der Waals surface area contributed by atoms with Crippen molar-refractivity contribution in [1.29, 1.82) is 0 Å². The van der Waals surface area contributed by atoms with Crippen LogP contribution in [0.4, 0.5) is 0 Å². The molecule has 1 heterocycles. The molecule has 0 aromatic heterocycles. The summed E-state index contributed by atoms with van der Waals surface area (Å²) in [4.78, 5) is 0. The molecule has 0 N–H and O–H groups in total. The van der Waals surface area contributed by atoms with Crippen LogP contribution in [-0.4, -0.2) is 0 Å². The van der Waals surface area contributed by atoms with Crippen molar-refractivity contribution in [3.05, 3.63) is 204 Å². The number of hydrogen-bond donors (Lipinski definition) is 0. The summed E-state index contributed by atoms with van der Waals surface area (Å²) in [5.74, 6) is 1.83. The van der Waals surface area contributed by atoms with Crippen LogP contribution in [-0.2, 0) is 5.41 Å². The van der Waals surface area contributed by atoms with Crippen LogP contribution in [0.1, 0.15) is 22.3 Å². The zero-order valence-electron chi connectivity index (χ0n) is 28.2. The van der Waals surface area contributed by atoms with E-state index in [1.807, 2.05) is 6.07 Å². The van der Waals surface area contributed by atoms with E-state index in [2.05, 4.69) is 176 Å². The summed E-state index contributed by atoms with van der Waals surface area (Å²) >= 11 is 0. The van der Waals surface area contributed by atoms with Gasteiger partial charge in [-0.2, -0.15) is 0 Å². The van der Waals surface area contributed by atoms with E-state index in [1.54, 1.807) is 0 Å². The Bertz CT molecular complexity index is 2990. The minimum atomic E-state index is -0.404. The van der Waals surface area contributed by atoms with Crippen molar-refractivity contribution < 1.29 is 4.74 Å². The van der Waals surface area contributed by atoms with E-state index in [0.717, 1.165) is 17.1 Å². The van der Waals surface area contributed by atoms with Gasteiger partial charge in [-0.3, -0.25) is 0 Å². The van der Waals surface area contributed by atoms with Gasteiger partial charge >= 0.3 is 0 Å². The zero-order valence-corrected chi connectivity index (χ0v) is 28.2. The van der Waals surface area contributed by atoms with Gasteiger partial charge in [0.2, 0.25) is 0 Å². The van der Waals surface area contributed by atoms with Crippen LogP contribution < -0.4 is 4.74 Å². The molecule has 1 atom stereocenters. The van der Waals surface area contributed by atoms with Crippen molar-refractivity contribution in [2.24, 2.45) is 0 Å². The molecule has 0 amide bonds. The average Bonchev–Trinajstić information content (AvgIpc) is 3.69. The third kappa shape index (κ3) is 3.48. The Kier molecular flexibility index (Phi) is 5.49. The van der Waals surface area contributed by atoms with Crippen LogP contribution in [0.25, 0.3) is 77.2 Å². The summed E-state index contributed by atoms with van der Waals surface area (Å²) in [5, 5.41) is 4.99. The molecule has 0 saturated heterocycles. The number of ether oxygens (including phenoxy) is 1. The summed E-state index contributed by atoms with van der Waals surface area (Å²) in [5.41, 5.74) is 17.7. The second kappa shape index (κ2) is 10.2. The predicted molar refractivity (Wildman–Crippen MR) is 214 cm³/mol. The minimum absolute atomic E-state index is 0.404. The van der Waals surface area contributed by atoms with E-state index >= 15 is 0 Å². The molecule has 1 unspecified atom stereocenters. The third-order valence-corrected chi connectivity index (χ3v) is 11.9. The molecule has 9 aromatic carbocycles. The summed E-state index contributed by atoms with van der Waals surface area (Å²) < 4.78 is 6.40. The number of rotatable bonds is 2. The number of benzene rings is 9. The lowest BCUT2D eigenvalue weighted by atomic mass is 9.69. The largest absolute Gasteiger partial charge is 0.456 e.